The molecule has 1 heteroatoms. The van der Waals surface area contributed by atoms with Crippen LogP contribution in [0.2, 0.25) is 0 Å². The first-order valence-corrected chi connectivity index (χ1v) is 11.6. The number of rotatable bonds is 11. The van der Waals surface area contributed by atoms with Gasteiger partial charge in [0.25, 0.3) is 0 Å². The monoisotopic (exact) mass is 348 g/mol. The van der Waals surface area contributed by atoms with Crippen molar-refractivity contribution in [2.45, 2.75) is 116 Å². The van der Waals surface area contributed by atoms with Crippen molar-refractivity contribution in [3.05, 3.63) is 12.2 Å². The molecular formula is C24H44O. The van der Waals surface area contributed by atoms with Crippen molar-refractivity contribution in [2.24, 2.45) is 17.8 Å². The minimum atomic E-state index is 0.582. The van der Waals surface area contributed by atoms with Gasteiger partial charge >= 0.3 is 0 Å². The number of unbranched alkanes of at least 4 members (excludes halogenated alkanes) is 3. The van der Waals surface area contributed by atoms with Gasteiger partial charge in [0.1, 0.15) is 0 Å². The zero-order chi connectivity index (χ0) is 17.7. The molecule has 0 aromatic heterocycles. The van der Waals surface area contributed by atoms with Crippen LogP contribution in [0.4, 0.5) is 0 Å². The van der Waals surface area contributed by atoms with E-state index in [-0.39, 0.29) is 0 Å². The molecule has 0 saturated heterocycles. The summed E-state index contributed by atoms with van der Waals surface area (Å²) in [6.45, 7) is 5.53. The van der Waals surface area contributed by atoms with Crippen LogP contribution in [0.3, 0.4) is 0 Å². The van der Waals surface area contributed by atoms with E-state index in [2.05, 4.69) is 26.0 Å². The summed E-state index contributed by atoms with van der Waals surface area (Å²) in [6, 6.07) is 0. The number of allylic oxidation sites excluding steroid dienone is 2. The third kappa shape index (κ3) is 8.76. The molecule has 0 radical (unpaired) electrons. The molecule has 0 unspecified atom stereocenters. The molecule has 2 aliphatic carbocycles. The number of hydrogen-bond acceptors (Lipinski definition) is 1. The van der Waals surface area contributed by atoms with Gasteiger partial charge in [0.15, 0.2) is 0 Å². The Hall–Kier alpha value is -0.300. The van der Waals surface area contributed by atoms with Gasteiger partial charge in [-0.1, -0.05) is 58.1 Å². The molecule has 2 rings (SSSR count). The maximum Gasteiger partial charge on any atom is 0.0575 e. The largest absolute Gasteiger partial charge is 0.378 e. The Bertz CT molecular complexity index is 332. The van der Waals surface area contributed by atoms with Gasteiger partial charge in [0, 0.05) is 6.61 Å². The molecular weight excluding hydrogens is 304 g/mol. The fourth-order valence-electron chi connectivity index (χ4n) is 4.79. The highest BCUT2D eigenvalue weighted by molar-refractivity contribution is 4.91. The quantitative estimate of drug-likeness (QED) is 0.274. The molecule has 0 heterocycles. The SMILES string of the molecule is CCC/C=C/[C@H]1CC[C@H](CC[C@H]2CC[C@H](OCCCCC)CC2)CC1. The minimum absolute atomic E-state index is 0.582. The van der Waals surface area contributed by atoms with Crippen LogP contribution in [0.5, 0.6) is 0 Å². The Morgan fingerprint density at radius 2 is 1.40 bits per heavy atom. The summed E-state index contributed by atoms with van der Waals surface area (Å²) in [5, 5.41) is 0. The normalized spacial score (nSPS) is 30.8. The Kier molecular flexibility index (Phi) is 10.9. The molecule has 0 aliphatic heterocycles. The predicted octanol–water partition coefficient (Wildman–Crippen LogP) is 7.69. The van der Waals surface area contributed by atoms with E-state index in [4.69, 9.17) is 4.74 Å². The van der Waals surface area contributed by atoms with Crippen LogP contribution in [0.1, 0.15) is 110 Å². The third-order valence-electron chi connectivity index (χ3n) is 6.63. The maximum absolute atomic E-state index is 6.07. The van der Waals surface area contributed by atoms with Crippen molar-refractivity contribution in [3.63, 3.8) is 0 Å². The highest BCUT2D eigenvalue weighted by Gasteiger charge is 2.24. The summed E-state index contributed by atoms with van der Waals surface area (Å²) in [4.78, 5) is 0. The number of hydrogen-bond donors (Lipinski definition) is 0. The second kappa shape index (κ2) is 13.0. The lowest BCUT2D eigenvalue weighted by Gasteiger charge is -2.31. The van der Waals surface area contributed by atoms with Crippen molar-refractivity contribution >= 4 is 0 Å². The van der Waals surface area contributed by atoms with Crippen LogP contribution in [-0.2, 0) is 4.74 Å². The Labute approximate surface area is 158 Å². The van der Waals surface area contributed by atoms with E-state index in [1.807, 2.05) is 0 Å². The Morgan fingerprint density at radius 1 is 0.760 bits per heavy atom. The van der Waals surface area contributed by atoms with E-state index in [0.717, 1.165) is 24.4 Å². The lowest BCUT2D eigenvalue weighted by atomic mass is 9.77. The topological polar surface area (TPSA) is 9.23 Å². The Morgan fingerprint density at radius 3 is 2.00 bits per heavy atom. The van der Waals surface area contributed by atoms with Crippen LogP contribution in [-0.4, -0.2) is 12.7 Å². The summed E-state index contributed by atoms with van der Waals surface area (Å²) >= 11 is 0. The molecule has 2 saturated carbocycles. The first-order valence-electron chi connectivity index (χ1n) is 11.6. The van der Waals surface area contributed by atoms with Gasteiger partial charge in [-0.2, -0.15) is 0 Å². The van der Waals surface area contributed by atoms with Crippen LogP contribution in [0.25, 0.3) is 0 Å². The molecule has 0 aromatic rings. The van der Waals surface area contributed by atoms with Crippen molar-refractivity contribution in [3.8, 4) is 0 Å². The van der Waals surface area contributed by atoms with Crippen LogP contribution in [0.15, 0.2) is 12.2 Å². The predicted molar refractivity (Wildman–Crippen MR) is 110 cm³/mol. The van der Waals surface area contributed by atoms with E-state index >= 15 is 0 Å². The first kappa shape index (κ1) is 21.0. The molecule has 0 amide bonds. The summed E-state index contributed by atoms with van der Waals surface area (Å²) in [7, 11) is 0. The average Bonchev–Trinajstić information content (AvgIpc) is 2.66. The zero-order valence-electron chi connectivity index (χ0n) is 17.2. The molecule has 0 atom stereocenters. The second-order valence-corrected chi connectivity index (χ2v) is 8.80. The fourth-order valence-corrected chi connectivity index (χ4v) is 4.79. The second-order valence-electron chi connectivity index (χ2n) is 8.80. The summed E-state index contributed by atoms with van der Waals surface area (Å²) in [6.07, 6.45) is 26.3. The van der Waals surface area contributed by atoms with Gasteiger partial charge in [-0.3, -0.25) is 0 Å². The van der Waals surface area contributed by atoms with Crippen LogP contribution in [0, 0.1) is 17.8 Å². The van der Waals surface area contributed by atoms with Gasteiger partial charge in [0.05, 0.1) is 6.10 Å². The maximum atomic E-state index is 6.07. The highest BCUT2D eigenvalue weighted by Crippen LogP contribution is 2.36. The highest BCUT2D eigenvalue weighted by atomic mass is 16.5. The van der Waals surface area contributed by atoms with Crippen LogP contribution < -0.4 is 0 Å². The van der Waals surface area contributed by atoms with Gasteiger partial charge in [-0.05, 0) is 82.0 Å². The zero-order valence-corrected chi connectivity index (χ0v) is 17.2. The molecule has 0 spiro atoms. The van der Waals surface area contributed by atoms with Crippen LogP contribution >= 0.6 is 0 Å². The Balaban J connectivity index is 1.51. The summed E-state index contributed by atoms with van der Waals surface area (Å²) in [5.74, 6) is 2.92. The molecule has 0 N–H and O–H groups in total. The molecule has 2 fully saturated rings. The number of ether oxygens (including phenoxy) is 1. The van der Waals surface area contributed by atoms with Gasteiger partial charge in [-0.15, -0.1) is 0 Å². The van der Waals surface area contributed by atoms with E-state index in [1.54, 1.807) is 0 Å². The van der Waals surface area contributed by atoms with Crippen molar-refractivity contribution in [2.75, 3.05) is 6.61 Å². The van der Waals surface area contributed by atoms with Gasteiger partial charge in [-0.25, -0.2) is 0 Å². The minimum Gasteiger partial charge on any atom is -0.378 e. The van der Waals surface area contributed by atoms with E-state index < -0.39 is 0 Å². The molecule has 1 nitrogen and oxygen atoms in total. The average molecular weight is 349 g/mol. The molecule has 2 aliphatic rings. The van der Waals surface area contributed by atoms with E-state index in [0.29, 0.717) is 6.10 Å². The van der Waals surface area contributed by atoms with E-state index in [9.17, 15) is 0 Å². The van der Waals surface area contributed by atoms with Crippen molar-refractivity contribution < 1.29 is 4.74 Å². The van der Waals surface area contributed by atoms with Crippen molar-refractivity contribution in [1.29, 1.82) is 0 Å². The fraction of sp³-hybridized carbons (Fsp3) is 0.917. The van der Waals surface area contributed by atoms with Gasteiger partial charge < -0.3 is 4.74 Å². The summed E-state index contributed by atoms with van der Waals surface area (Å²) in [5.41, 5.74) is 0. The molecule has 146 valence electrons. The lowest BCUT2D eigenvalue weighted by Crippen LogP contribution is -2.23. The molecule has 0 bridgehead atoms. The smallest absolute Gasteiger partial charge is 0.0575 e. The summed E-state index contributed by atoms with van der Waals surface area (Å²) < 4.78 is 6.07. The molecule has 25 heavy (non-hydrogen) atoms. The standard InChI is InChI=1S/C24H44O/c1-3-5-7-9-21-10-12-22(13-11-21)14-15-23-16-18-24(19-17-23)25-20-8-6-4-2/h7,9,21-24H,3-6,8,10-20H2,1-2H3/b9-7+/t21-,22-,23-,24-. The third-order valence-corrected chi connectivity index (χ3v) is 6.63. The van der Waals surface area contributed by atoms with Crippen molar-refractivity contribution in [1.82, 2.24) is 0 Å². The van der Waals surface area contributed by atoms with Gasteiger partial charge in [0.2, 0.25) is 0 Å². The first-order chi connectivity index (χ1) is 12.3. The lowest BCUT2D eigenvalue weighted by molar-refractivity contribution is 0.0146. The van der Waals surface area contributed by atoms with E-state index in [1.165, 1.54) is 96.3 Å². The molecule has 0 aromatic carbocycles.